The number of ether oxygens (including phenoxy) is 2. The Bertz CT molecular complexity index is 601. The Labute approximate surface area is 85.4 Å². The summed E-state index contributed by atoms with van der Waals surface area (Å²) in [6.45, 7) is 2.07. The maximum absolute atomic E-state index is 11.7. The van der Waals surface area contributed by atoms with E-state index in [0.717, 1.165) is 11.2 Å². The molecule has 2 heterocycles. The molecule has 1 aromatic heterocycles. The Hall–Kier alpha value is -1.97. The van der Waals surface area contributed by atoms with Crippen molar-refractivity contribution in [3.63, 3.8) is 0 Å². The lowest BCUT2D eigenvalue weighted by Crippen LogP contribution is -2.02. The fourth-order valence-corrected chi connectivity index (χ4v) is 1.77. The molecular weight excluding hydrogens is 194 g/mol. The third kappa shape index (κ3) is 1.18. The number of hydrogen-bond acceptors (Lipinski definition) is 3. The van der Waals surface area contributed by atoms with Gasteiger partial charge in [0.05, 0.1) is 5.52 Å². The number of pyridine rings is 1. The first-order chi connectivity index (χ1) is 7.24. The molecule has 0 spiro atoms. The lowest BCUT2D eigenvalue weighted by atomic mass is 10.2. The molecule has 0 unspecified atom stereocenters. The number of aromatic nitrogens is 1. The normalized spacial score (nSPS) is 13.4. The van der Waals surface area contributed by atoms with E-state index in [1.807, 2.05) is 6.92 Å². The molecule has 0 saturated heterocycles. The average molecular weight is 203 g/mol. The lowest BCUT2D eigenvalue weighted by molar-refractivity contribution is 0.174. The summed E-state index contributed by atoms with van der Waals surface area (Å²) in [7, 11) is 0. The number of fused-ring (bicyclic) bond motifs is 2. The van der Waals surface area contributed by atoms with E-state index in [0.29, 0.717) is 16.9 Å². The van der Waals surface area contributed by atoms with E-state index in [1.165, 1.54) is 0 Å². The van der Waals surface area contributed by atoms with Crippen LogP contribution in [-0.2, 0) is 0 Å². The second-order valence-corrected chi connectivity index (χ2v) is 3.57. The van der Waals surface area contributed by atoms with Gasteiger partial charge in [-0.3, -0.25) is 4.79 Å². The summed E-state index contributed by atoms with van der Waals surface area (Å²) >= 11 is 0. The highest BCUT2D eigenvalue weighted by atomic mass is 16.7. The van der Waals surface area contributed by atoms with Crippen LogP contribution in [0.4, 0.5) is 0 Å². The second-order valence-electron chi connectivity index (χ2n) is 3.57. The van der Waals surface area contributed by atoms with Crippen molar-refractivity contribution >= 4 is 10.9 Å². The molecule has 1 aromatic carbocycles. The van der Waals surface area contributed by atoms with E-state index in [-0.39, 0.29) is 12.2 Å². The Morgan fingerprint density at radius 1 is 1.20 bits per heavy atom. The Balaban J connectivity index is 2.43. The fraction of sp³-hybridized carbons (Fsp3) is 0.182. The second kappa shape index (κ2) is 2.76. The molecule has 0 radical (unpaired) electrons. The van der Waals surface area contributed by atoms with E-state index in [1.54, 1.807) is 18.2 Å². The van der Waals surface area contributed by atoms with Gasteiger partial charge >= 0.3 is 0 Å². The van der Waals surface area contributed by atoms with Crippen molar-refractivity contribution < 1.29 is 9.47 Å². The van der Waals surface area contributed by atoms with E-state index in [9.17, 15) is 4.79 Å². The summed E-state index contributed by atoms with van der Waals surface area (Å²) in [6, 6.07) is 5.09. The first kappa shape index (κ1) is 8.35. The standard InChI is InChI=1S/C11H9NO3/c1-6-2-9(13)7-3-10-11(15-5-14-10)4-8(7)12-6/h2-4H,5H2,1H3,(H,12,13). The molecule has 15 heavy (non-hydrogen) atoms. The molecule has 0 bridgehead atoms. The number of benzene rings is 1. The molecule has 0 fully saturated rings. The van der Waals surface area contributed by atoms with Gasteiger partial charge in [-0.15, -0.1) is 0 Å². The van der Waals surface area contributed by atoms with Crippen LogP contribution in [0.25, 0.3) is 10.9 Å². The molecule has 0 saturated carbocycles. The zero-order chi connectivity index (χ0) is 10.4. The number of H-pyrrole nitrogens is 1. The summed E-state index contributed by atoms with van der Waals surface area (Å²) in [5.74, 6) is 1.32. The zero-order valence-corrected chi connectivity index (χ0v) is 8.16. The summed E-state index contributed by atoms with van der Waals surface area (Å²) in [4.78, 5) is 14.8. The molecule has 3 rings (SSSR count). The van der Waals surface area contributed by atoms with Crippen molar-refractivity contribution in [1.82, 2.24) is 4.98 Å². The number of aryl methyl sites for hydroxylation is 1. The maximum Gasteiger partial charge on any atom is 0.231 e. The zero-order valence-electron chi connectivity index (χ0n) is 8.16. The van der Waals surface area contributed by atoms with Crippen LogP contribution < -0.4 is 14.9 Å². The molecule has 0 aliphatic carbocycles. The van der Waals surface area contributed by atoms with Crippen molar-refractivity contribution in [2.24, 2.45) is 0 Å². The van der Waals surface area contributed by atoms with Gasteiger partial charge < -0.3 is 14.5 Å². The van der Waals surface area contributed by atoms with Gasteiger partial charge in [-0.05, 0) is 13.0 Å². The van der Waals surface area contributed by atoms with Gasteiger partial charge in [-0.2, -0.15) is 0 Å². The first-order valence-corrected chi connectivity index (χ1v) is 4.67. The number of nitrogens with one attached hydrogen (secondary N) is 1. The molecule has 2 aromatic rings. The third-order valence-corrected chi connectivity index (χ3v) is 2.46. The molecule has 76 valence electrons. The number of aromatic amines is 1. The monoisotopic (exact) mass is 203 g/mol. The van der Waals surface area contributed by atoms with E-state index >= 15 is 0 Å². The number of rotatable bonds is 0. The molecule has 1 aliphatic rings. The largest absolute Gasteiger partial charge is 0.454 e. The van der Waals surface area contributed by atoms with Crippen molar-refractivity contribution in [1.29, 1.82) is 0 Å². The fourth-order valence-electron chi connectivity index (χ4n) is 1.77. The van der Waals surface area contributed by atoms with Gasteiger partial charge in [0, 0.05) is 23.2 Å². The van der Waals surface area contributed by atoms with Crippen molar-refractivity contribution in [3.05, 3.63) is 34.1 Å². The Morgan fingerprint density at radius 2 is 1.93 bits per heavy atom. The molecule has 1 N–H and O–H groups in total. The highest BCUT2D eigenvalue weighted by Gasteiger charge is 2.15. The van der Waals surface area contributed by atoms with Crippen molar-refractivity contribution in [2.75, 3.05) is 6.79 Å². The third-order valence-electron chi connectivity index (χ3n) is 2.46. The van der Waals surface area contributed by atoms with Gasteiger partial charge in [0.1, 0.15) is 0 Å². The first-order valence-electron chi connectivity index (χ1n) is 4.67. The summed E-state index contributed by atoms with van der Waals surface area (Å²) in [5, 5.41) is 0.629. The Morgan fingerprint density at radius 3 is 2.73 bits per heavy atom. The van der Waals surface area contributed by atoms with Crippen molar-refractivity contribution in [3.8, 4) is 11.5 Å². The van der Waals surface area contributed by atoms with E-state index < -0.39 is 0 Å². The quantitative estimate of drug-likeness (QED) is 0.707. The molecule has 4 nitrogen and oxygen atoms in total. The minimum Gasteiger partial charge on any atom is -0.454 e. The van der Waals surface area contributed by atoms with Gasteiger partial charge in [0.25, 0.3) is 0 Å². The summed E-state index contributed by atoms with van der Waals surface area (Å²) in [5.41, 5.74) is 1.62. The summed E-state index contributed by atoms with van der Waals surface area (Å²) < 4.78 is 10.5. The average Bonchev–Trinajstić information content (AvgIpc) is 2.61. The summed E-state index contributed by atoms with van der Waals surface area (Å²) in [6.07, 6.45) is 0. The highest BCUT2D eigenvalue weighted by Crippen LogP contribution is 2.34. The van der Waals surface area contributed by atoms with Crippen LogP contribution in [0.15, 0.2) is 23.0 Å². The molecule has 4 heteroatoms. The van der Waals surface area contributed by atoms with Crippen LogP contribution in [0.3, 0.4) is 0 Å². The highest BCUT2D eigenvalue weighted by molar-refractivity contribution is 5.82. The van der Waals surface area contributed by atoms with Crippen LogP contribution >= 0.6 is 0 Å². The van der Waals surface area contributed by atoms with Crippen molar-refractivity contribution in [2.45, 2.75) is 6.92 Å². The van der Waals surface area contributed by atoms with Gasteiger partial charge in [-0.25, -0.2) is 0 Å². The molecule has 1 aliphatic heterocycles. The van der Waals surface area contributed by atoms with Gasteiger partial charge in [0.15, 0.2) is 16.9 Å². The van der Waals surface area contributed by atoms with Gasteiger partial charge in [-0.1, -0.05) is 0 Å². The van der Waals surface area contributed by atoms with E-state index in [2.05, 4.69) is 4.98 Å². The number of hydrogen-bond donors (Lipinski definition) is 1. The molecule has 0 atom stereocenters. The smallest absolute Gasteiger partial charge is 0.231 e. The minimum absolute atomic E-state index is 0.000417. The van der Waals surface area contributed by atoms with Crippen LogP contribution in [-0.4, -0.2) is 11.8 Å². The maximum atomic E-state index is 11.7. The van der Waals surface area contributed by atoms with Crippen LogP contribution in [0.2, 0.25) is 0 Å². The lowest BCUT2D eigenvalue weighted by Gasteiger charge is -2.01. The topological polar surface area (TPSA) is 51.3 Å². The predicted molar refractivity (Wildman–Crippen MR) is 55.4 cm³/mol. The van der Waals surface area contributed by atoms with Crippen LogP contribution in [0, 0.1) is 6.92 Å². The van der Waals surface area contributed by atoms with E-state index in [4.69, 9.17) is 9.47 Å². The van der Waals surface area contributed by atoms with Crippen LogP contribution in [0.5, 0.6) is 11.5 Å². The molecular formula is C11H9NO3. The van der Waals surface area contributed by atoms with Crippen LogP contribution in [0.1, 0.15) is 5.69 Å². The molecule has 0 amide bonds. The Kier molecular flexibility index (Phi) is 1.54. The van der Waals surface area contributed by atoms with Gasteiger partial charge in [0.2, 0.25) is 6.79 Å². The minimum atomic E-state index is -0.000417. The predicted octanol–water partition coefficient (Wildman–Crippen LogP) is 1.57. The SMILES string of the molecule is Cc1cc(=O)c2cc3c(cc2[nH]1)OCO3.